The molecule has 0 aromatic carbocycles. The number of hydrogen-bond acceptors (Lipinski definition) is 4. The molecule has 0 aliphatic carbocycles. The third kappa shape index (κ3) is 1.32. The summed E-state index contributed by atoms with van der Waals surface area (Å²) in [5.74, 6) is 0.517. The predicted molar refractivity (Wildman–Crippen MR) is 69.5 cm³/mol. The fraction of sp³-hybridized carbons (Fsp3) is 0.250. The molecule has 18 heavy (non-hydrogen) atoms. The van der Waals surface area contributed by atoms with E-state index in [0.717, 1.165) is 28.0 Å². The van der Waals surface area contributed by atoms with Crippen molar-refractivity contribution in [1.82, 2.24) is 24.3 Å². The minimum Gasteiger partial charge on any atom is -0.383 e. The lowest BCUT2D eigenvalue weighted by Gasteiger charge is -2.03. The molecule has 3 heterocycles. The maximum Gasteiger partial charge on any atom is 0.150 e. The summed E-state index contributed by atoms with van der Waals surface area (Å²) in [4.78, 5) is 8.40. The van der Waals surface area contributed by atoms with Crippen molar-refractivity contribution in [1.29, 1.82) is 0 Å². The molecule has 6 heteroatoms. The Morgan fingerprint density at radius 1 is 1.22 bits per heavy atom. The van der Waals surface area contributed by atoms with Gasteiger partial charge in [-0.15, -0.1) is 0 Å². The number of rotatable bonds is 1. The Hall–Kier alpha value is -2.37. The summed E-state index contributed by atoms with van der Waals surface area (Å²) in [6, 6.07) is 0. The van der Waals surface area contributed by atoms with E-state index in [4.69, 9.17) is 5.73 Å². The van der Waals surface area contributed by atoms with Gasteiger partial charge in [0.25, 0.3) is 0 Å². The summed E-state index contributed by atoms with van der Waals surface area (Å²) in [6.45, 7) is 4.08. The first-order valence-electron chi connectivity index (χ1n) is 5.66. The largest absolute Gasteiger partial charge is 0.383 e. The highest BCUT2D eigenvalue weighted by Crippen LogP contribution is 2.29. The van der Waals surface area contributed by atoms with Gasteiger partial charge >= 0.3 is 0 Å². The third-order valence-corrected chi connectivity index (χ3v) is 3.27. The van der Waals surface area contributed by atoms with E-state index in [9.17, 15) is 0 Å². The second-order valence-corrected chi connectivity index (χ2v) is 4.38. The van der Waals surface area contributed by atoms with Crippen molar-refractivity contribution in [2.75, 3.05) is 5.73 Å². The summed E-state index contributed by atoms with van der Waals surface area (Å²) in [7, 11) is 1.89. The average molecular weight is 242 g/mol. The van der Waals surface area contributed by atoms with Gasteiger partial charge in [-0.25, -0.2) is 9.97 Å². The van der Waals surface area contributed by atoms with Crippen LogP contribution in [0.5, 0.6) is 0 Å². The molecule has 0 amide bonds. The number of aryl methyl sites for hydroxylation is 2. The summed E-state index contributed by atoms with van der Waals surface area (Å²) < 4.78 is 3.82. The van der Waals surface area contributed by atoms with Gasteiger partial charge in [0.05, 0.1) is 17.3 Å². The van der Waals surface area contributed by atoms with Crippen molar-refractivity contribution in [3.05, 3.63) is 30.0 Å². The van der Waals surface area contributed by atoms with Crippen LogP contribution in [-0.4, -0.2) is 24.3 Å². The van der Waals surface area contributed by atoms with Gasteiger partial charge in [-0.3, -0.25) is 9.25 Å². The summed E-state index contributed by atoms with van der Waals surface area (Å²) >= 11 is 0. The Balaban J connectivity index is 2.43. The number of nitrogens with zero attached hydrogens (tertiary/aromatic N) is 5. The Morgan fingerprint density at radius 3 is 2.67 bits per heavy atom. The van der Waals surface area contributed by atoms with Crippen LogP contribution < -0.4 is 5.73 Å². The van der Waals surface area contributed by atoms with Crippen LogP contribution in [0, 0.1) is 13.8 Å². The van der Waals surface area contributed by atoms with E-state index in [2.05, 4.69) is 19.6 Å². The van der Waals surface area contributed by atoms with Crippen LogP contribution in [0.15, 0.2) is 18.7 Å². The molecule has 0 atom stereocenters. The monoisotopic (exact) mass is 242 g/mol. The summed E-state index contributed by atoms with van der Waals surface area (Å²) in [5.41, 5.74) is 9.95. The van der Waals surface area contributed by atoms with Crippen LogP contribution in [0.4, 0.5) is 5.82 Å². The number of nitrogens with two attached hydrogens (primary N) is 1. The molecule has 0 saturated heterocycles. The molecular weight excluding hydrogens is 228 g/mol. The second kappa shape index (κ2) is 3.56. The lowest BCUT2D eigenvalue weighted by Crippen LogP contribution is -1.98. The number of anilines is 1. The van der Waals surface area contributed by atoms with Crippen LogP contribution in [0.2, 0.25) is 0 Å². The second-order valence-electron chi connectivity index (χ2n) is 4.38. The maximum atomic E-state index is 5.94. The fourth-order valence-corrected chi connectivity index (χ4v) is 2.27. The van der Waals surface area contributed by atoms with Crippen molar-refractivity contribution in [3.63, 3.8) is 0 Å². The van der Waals surface area contributed by atoms with Gasteiger partial charge in [0.15, 0.2) is 5.65 Å². The van der Waals surface area contributed by atoms with Gasteiger partial charge in [0.1, 0.15) is 12.1 Å². The third-order valence-electron chi connectivity index (χ3n) is 3.27. The molecule has 0 saturated carbocycles. The Morgan fingerprint density at radius 2 is 2.00 bits per heavy atom. The van der Waals surface area contributed by atoms with Crippen LogP contribution in [0.3, 0.4) is 0 Å². The highest BCUT2D eigenvalue weighted by atomic mass is 15.3. The first-order chi connectivity index (χ1) is 8.59. The zero-order valence-electron chi connectivity index (χ0n) is 10.5. The van der Waals surface area contributed by atoms with E-state index in [0.29, 0.717) is 5.82 Å². The molecule has 0 aliphatic rings. The molecule has 3 aromatic rings. The van der Waals surface area contributed by atoms with E-state index >= 15 is 0 Å². The van der Waals surface area contributed by atoms with Gasteiger partial charge in [0, 0.05) is 18.9 Å². The highest BCUT2D eigenvalue weighted by molar-refractivity contribution is 5.91. The molecule has 0 bridgehead atoms. The lowest BCUT2D eigenvalue weighted by molar-refractivity contribution is 0.767. The van der Waals surface area contributed by atoms with Crippen molar-refractivity contribution in [3.8, 4) is 5.69 Å². The zero-order valence-corrected chi connectivity index (χ0v) is 10.5. The fourth-order valence-electron chi connectivity index (χ4n) is 2.27. The molecule has 0 unspecified atom stereocenters. The van der Waals surface area contributed by atoms with Gasteiger partial charge in [-0.2, -0.15) is 5.10 Å². The lowest BCUT2D eigenvalue weighted by atomic mass is 10.2. The summed E-state index contributed by atoms with van der Waals surface area (Å²) in [6.07, 6.45) is 5.25. The normalized spacial score (nSPS) is 11.3. The van der Waals surface area contributed by atoms with E-state index < -0.39 is 0 Å². The standard InChI is InChI=1S/C12H14N6/c1-7-8(2)18(9-4-16-17(3)5-9)12-10(7)11(13)14-6-15-12/h4-6H,1-3H3,(H2,13,14,15). The predicted octanol–water partition coefficient (Wildman–Crippen LogP) is 1.35. The quantitative estimate of drug-likeness (QED) is 0.699. The van der Waals surface area contributed by atoms with Crippen molar-refractivity contribution < 1.29 is 0 Å². The molecule has 0 fully saturated rings. The van der Waals surface area contributed by atoms with E-state index in [-0.39, 0.29) is 0 Å². The van der Waals surface area contributed by atoms with E-state index in [1.807, 2.05) is 33.3 Å². The maximum absolute atomic E-state index is 5.94. The number of nitrogen functional groups attached to an aromatic ring is 1. The van der Waals surface area contributed by atoms with Crippen molar-refractivity contribution >= 4 is 16.9 Å². The minimum absolute atomic E-state index is 0.517. The molecule has 0 radical (unpaired) electrons. The average Bonchev–Trinajstić information content (AvgIpc) is 2.84. The van der Waals surface area contributed by atoms with Gasteiger partial charge in [0.2, 0.25) is 0 Å². The van der Waals surface area contributed by atoms with Gasteiger partial charge < -0.3 is 5.73 Å². The molecule has 0 spiro atoms. The number of aromatic nitrogens is 5. The molecule has 2 N–H and O–H groups in total. The van der Waals surface area contributed by atoms with Crippen LogP contribution >= 0.6 is 0 Å². The zero-order chi connectivity index (χ0) is 12.9. The molecule has 6 nitrogen and oxygen atoms in total. The van der Waals surface area contributed by atoms with E-state index in [1.165, 1.54) is 6.33 Å². The first-order valence-corrected chi connectivity index (χ1v) is 5.66. The van der Waals surface area contributed by atoms with Gasteiger partial charge in [-0.1, -0.05) is 0 Å². The Bertz CT molecular complexity index is 736. The molecule has 3 rings (SSSR count). The Kier molecular flexibility index (Phi) is 2.13. The molecular formula is C12H14N6. The number of fused-ring (bicyclic) bond motifs is 1. The molecule has 3 aromatic heterocycles. The smallest absolute Gasteiger partial charge is 0.150 e. The van der Waals surface area contributed by atoms with Crippen LogP contribution in [0.25, 0.3) is 16.7 Å². The van der Waals surface area contributed by atoms with Crippen LogP contribution in [-0.2, 0) is 7.05 Å². The first kappa shape index (κ1) is 10.8. The minimum atomic E-state index is 0.517. The SMILES string of the molecule is Cc1c(C)n(-c2cnn(C)c2)c2ncnc(N)c12. The van der Waals surface area contributed by atoms with Crippen molar-refractivity contribution in [2.24, 2.45) is 7.05 Å². The molecule has 92 valence electrons. The topological polar surface area (TPSA) is 74.5 Å². The molecule has 0 aliphatic heterocycles. The Labute approximate surface area is 104 Å². The van der Waals surface area contributed by atoms with Crippen LogP contribution in [0.1, 0.15) is 11.3 Å². The number of hydrogen-bond donors (Lipinski definition) is 1. The van der Waals surface area contributed by atoms with Gasteiger partial charge in [-0.05, 0) is 19.4 Å². The highest BCUT2D eigenvalue weighted by Gasteiger charge is 2.16. The van der Waals surface area contributed by atoms with Crippen molar-refractivity contribution in [2.45, 2.75) is 13.8 Å². The summed E-state index contributed by atoms with van der Waals surface area (Å²) in [5, 5.41) is 5.11. The van der Waals surface area contributed by atoms with E-state index in [1.54, 1.807) is 4.68 Å².